The van der Waals surface area contributed by atoms with Crippen molar-refractivity contribution < 1.29 is 14.3 Å². The number of aryl methyl sites for hydroxylation is 1. The molecular weight excluding hydrogens is 320 g/mol. The van der Waals surface area contributed by atoms with Crippen LogP contribution in [0.2, 0.25) is 0 Å². The molecule has 0 aliphatic carbocycles. The minimum atomic E-state index is -0.141. The summed E-state index contributed by atoms with van der Waals surface area (Å²) < 4.78 is 12.4. The van der Waals surface area contributed by atoms with Gasteiger partial charge >= 0.3 is 0 Å². The lowest BCUT2D eigenvalue weighted by atomic mass is 10.2. The van der Waals surface area contributed by atoms with E-state index in [1.54, 1.807) is 29.9 Å². The topological polar surface area (TPSA) is 59.8 Å². The second-order valence-corrected chi connectivity index (χ2v) is 6.30. The van der Waals surface area contributed by atoms with E-state index >= 15 is 0 Å². The average Bonchev–Trinajstić information content (AvgIpc) is 3.19. The summed E-state index contributed by atoms with van der Waals surface area (Å²) in [6.07, 6.45) is 4.59. The minimum Gasteiger partial charge on any atom is -0.497 e. The maximum atomic E-state index is 12.9. The number of ether oxygens (including phenoxy) is 2. The lowest BCUT2D eigenvalue weighted by Gasteiger charge is -2.23. The van der Waals surface area contributed by atoms with E-state index in [2.05, 4.69) is 10.00 Å². The van der Waals surface area contributed by atoms with Crippen LogP contribution in [-0.2, 0) is 18.4 Å². The molecule has 0 spiro atoms. The summed E-state index contributed by atoms with van der Waals surface area (Å²) in [4.78, 5) is 16.8. The highest BCUT2D eigenvalue weighted by Crippen LogP contribution is 2.32. The maximum absolute atomic E-state index is 12.9. The molecule has 25 heavy (non-hydrogen) atoms. The summed E-state index contributed by atoms with van der Waals surface area (Å²) in [5, 5.41) is 4.18. The number of nitrogens with zero attached hydrogens (tertiary/aromatic N) is 4. The van der Waals surface area contributed by atoms with Crippen LogP contribution in [0.3, 0.4) is 0 Å². The molecule has 3 rings (SSSR count). The van der Waals surface area contributed by atoms with E-state index in [0.717, 1.165) is 17.7 Å². The van der Waals surface area contributed by atoms with Crippen molar-refractivity contribution in [3.63, 3.8) is 0 Å². The van der Waals surface area contributed by atoms with E-state index in [-0.39, 0.29) is 11.9 Å². The molecule has 0 bridgehead atoms. The van der Waals surface area contributed by atoms with Crippen LogP contribution in [0, 0.1) is 0 Å². The largest absolute Gasteiger partial charge is 0.497 e. The molecule has 1 aromatic carbocycles. The number of rotatable bonds is 6. The predicted molar refractivity (Wildman–Crippen MR) is 95.0 cm³/mol. The Morgan fingerprint density at radius 2 is 1.92 bits per heavy atom. The van der Waals surface area contributed by atoms with Crippen molar-refractivity contribution in [2.75, 3.05) is 32.7 Å². The molecule has 2 heterocycles. The monoisotopic (exact) mass is 344 g/mol. The lowest BCUT2D eigenvalue weighted by Crippen LogP contribution is -2.39. The maximum Gasteiger partial charge on any atom is 0.244 e. The number of amides is 1. The molecule has 0 radical (unpaired) electrons. The van der Waals surface area contributed by atoms with Gasteiger partial charge in [0.25, 0.3) is 0 Å². The number of carbonyl (C=O) groups is 1. The molecule has 0 N–H and O–H groups in total. The molecule has 134 valence electrons. The summed E-state index contributed by atoms with van der Waals surface area (Å²) in [5.74, 6) is 1.45. The zero-order chi connectivity index (χ0) is 18.0. The van der Waals surface area contributed by atoms with Crippen molar-refractivity contribution in [3.05, 3.63) is 36.2 Å². The molecule has 7 heteroatoms. The van der Waals surface area contributed by atoms with Crippen molar-refractivity contribution in [2.24, 2.45) is 7.05 Å². The number of likely N-dealkylation sites (N-methyl/N-ethyl adjacent to an activating group) is 1. The number of methoxy groups -OCH3 is 2. The third-order valence-corrected chi connectivity index (χ3v) is 4.55. The Labute approximate surface area is 147 Å². The van der Waals surface area contributed by atoms with E-state index in [1.165, 1.54) is 0 Å². The van der Waals surface area contributed by atoms with Gasteiger partial charge in [-0.15, -0.1) is 0 Å². The Balaban J connectivity index is 1.75. The van der Waals surface area contributed by atoms with E-state index < -0.39 is 0 Å². The summed E-state index contributed by atoms with van der Waals surface area (Å²) in [5.41, 5.74) is 1.90. The first-order valence-electron chi connectivity index (χ1n) is 8.24. The first-order valence-corrected chi connectivity index (χ1v) is 8.24. The SMILES string of the molecule is COc1cc(OC)cc(N2CCC(N(C)Cc3cnn(C)c3)C2=O)c1. The molecule has 1 fully saturated rings. The normalized spacial score (nSPS) is 17.4. The number of carbonyl (C=O) groups excluding carboxylic acids is 1. The second-order valence-electron chi connectivity index (χ2n) is 6.30. The van der Waals surface area contributed by atoms with Crippen LogP contribution in [0.25, 0.3) is 0 Å². The van der Waals surface area contributed by atoms with E-state index in [4.69, 9.17) is 9.47 Å². The van der Waals surface area contributed by atoms with Gasteiger partial charge in [0, 0.05) is 50.1 Å². The van der Waals surface area contributed by atoms with E-state index in [9.17, 15) is 4.79 Å². The van der Waals surface area contributed by atoms with Gasteiger partial charge in [0.2, 0.25) is 5.91 Å². The van der Waals surface area contributed by atoms with Crippen molar-refractivity contribution in [2.45, 2.75) is 19.0 Å². The zero-order valence-corrected chi connectivity index (χ0v) is 15.1. The minimum absolute atomic E-state index is 0.0988. The summed E-state index contributed by atoms with van der Waals surface area (Å²) in [7, 11) is 7.08. The zero-order valence-electron chi connectivity index (χ0n) is 15.1. The summed E-state index contributed by atoms with van der Waals surface area (Å²) >= 11 is 0. The van der Waals surface area contributed by atoms with E-state index in [0.29, 0.717) is 24.6 Å². The molecule has 1 saturated heterocycles. The third-order valence-electron chi connectivity index (χ3n) is 4.55. The molecule has 0 saturated carbocycles. The van der Waals surface area contributed by atoms with Gasteiger partial charge in [-0.1, -0.05) is 0 Å². The van der Waals surface area contributed by atoms with Gasteiger partial charge < -0.3 is 14.4 Å². The number of aromatic nitrogens is 2. The van der Waals surface area contributed by atoms with Crippen molar-refractivity contribution in [3.8, 4) is 11.5 Å². The van der Waals surface area contributed by atoms with Gasteiger partial charge in [-0.05, 0) is 13.5 Å². The third kappa shape index (κ3) is 3.61. The Morgan fingerprint density at radius 3 is 2.48 bits per heavy atom. The number of hydrogen-bond acceptors (Lipinski definition) is 5. The van der Waals surface area contributed by atoms with Gasteiger partial charge in [-0.25, -0.2) is 0 Å². The van der Waals surface area contributed by atoms with Crippen LogP contribution in [-0.4, -0.2) is 54.4 Å². The van der Waals surface area contributed by atoms with Crippen LogP contribution in [0.15, 0.2) is 30.6 Å². The van der Waals surface area contributed by atoms with Gasteiger partial charge in [0.1, 0.15) is 11.5 Å². The van der Waals surface area contributed by atoms with Gasteiger partial charge in [-0.2, -0.15) is 5.10 Å². The van der Waals surface area contributed by atoms with Crippen LogP contribution in [0.1, 0.15) is 12.0 Å². The first-order chi connectivity index (χ1) is 12.0. The highest BCUT2D eigenvalue weighted by atomic mass is 16.5. The predicted octanol–water partition coefficient (Wildman–Crippen LogP) is 1.67. The number of benzene rings is 1. The fourth-order valence-corrected chi connectivity index (χ4v) is 3.23. The average molecular weight is 344 g/mol. The Hall–Kier alpha value is -2.54. The Morgan fingerprint density at radius 1 is 1.24 bits per heavy atom. The summed E-state index contributed by atoms with van der Waals surface area (Å²) in [6.45, 7) is 1.37. The molecule has 7 nitrogen and oxygen atoms in total. The van der Waals surface area contributed by atoms with Crippen molar-refractivity contribution >= 4 is 11.6 Å². The van der Waals surface area contributed by atoms with Gasteiger partial charge in [-0.3, -0.25) is 14.4 Å². The van der Waals surface area contributed by atoms with Crippen LogP contribution >= 0.6 is 0 Å². The molecule has 1 aliphatic heterocycles. The standard InChI is InChI=1S/C18H24N4O3/c1-20(11-13-10-19-21(2)12-13)17-5-6-22(18(17)23)14-7-15(24-3)9-16(8-14)25-4/h7-10,12,17H,5-6,11H2,1-4H3. The Kier molecular flexibility index (Phi) is 4.94. The molecule has 2 aromatic rings. The number of anilines is 1. The highest BCUT2D eigenvalue weighted by Gasteiger charge is 2.35. The van der Waals surface area contributed by atoms with Crippen molar-refractivity contribution in [1.29, 1.82) is 0 Å². The molecule has 1 atom stereocenters. The molecular formula is C18H24N4O3. The van der Waals surface area contributed by atoms with Crippen LogP contribution < -0.4 is 14.4 Å². The van der Waals surface area contributed by atoms with E-state index in [1.807, 2.05) is 38.6 Å². The quantitative estimate of drug-likeness (QED) is 0.798. The highest BCUT2D eigenvalue weighted by molar-refractivity contribution is 5.99. The Bertz CT molecular complexity index is 736. The fourth-order valence-electron chi connectivity index (χ4n) is 3.23. The molecule has 1 amide bonds. The molecule has 1 unspecified atom stereocenters. The van der Waals surface area contributed by atoms with Crippen LogP contribution in [0.4, 0.5) is 5.69 Å². The van der Waals surface area contributed by atoms with Gasteiger partial charge in [0.05, 0.1) is 32.1 Å². The second kappa shape index (κ2) is 7.14. The van der Waals surface area contributed by atoms with Crippen LogP contribution in [0.5, 0.6) is 11.5 Å². The fraction of sp³-hybridized carbons (Fsp3) is 0.444. The lowest BCUT2D eigenvalue weighted by molar-refractivity contribution is -0.121. The molecule has 1 aromatic heterocycles. The summed E-state index contributed by atoms with van der Waals surface area (Å²) in [6, 6.07) is 5.39. The molecule has 1 aliphatic rings. The smallest absolute Gasteiger partial charge is 0.244 e. The first kappa shape index (κ1) is 17.3. The number of hydrogen-bond donors (Lipinski definition) is 0. The van der Waals surface area contributed by atoms with Gasteiger partial charge in [0.15, 0.2) is 0 Å². The van der Waals surface area contributed by atoms with Crippen molar-refractivity contribution in [1.82, 2.24) is 14.7 Å².